The van der Waals surface area contributed by atoms with Crippen molar-refractivity contribution in [2.75, 3.05) is 26.9 Å². The fourth-order valence-electron chi connectivity index (χ4n) is 2.47. The van der Waals surface area contributed by atoms with Crippen LogP contribution in [0, 0.1) is 5.82 Å². The van der Waals surface area contributed by atoms with Crippen molar-refractivity contribution >= 4 is 23.5 Å². The van der Waals surface area contributed by atoms with Gasteiger partial charge in [0.15, 0.2) is 6.61 Å². The Bertz CT molecular complexity index is 1160. The van der Waals surface area contributed by atoms with E-state index in [4.69, 9.17) is 16.3 Å². The van der Waals surface area contributed by atoms with Crippen molar-refractivity contribution in [3.8, 4) is 5.69 Å². The predicted molar refractivity (Wildman–Crippen MR) is 100 cm³/mol. The number of benzene rings is 1. The number of ether oxygens (including phenoxy) is 3. The van der Waals surface area contributed by atoms with Crippen LogP contribution in [0.1, 0.15) is 16.1 Å². The lowest BCUT2D eigenvalue weighted by Crippen LogP contribution is -2.41. The minimum Gasteiger partial charge on any atom is -0.461 e. The van der Waals surface area contributed by atoms with Crippen molar-refractivity contribution in [1.82, 2.24) is 9.13 Å². The molecule has 32 heavy (non-hydrogen) atoms. The lowest BCUT2D eigenvalue weighted by Gasteiger charge is -2.15. The average molecular weight is 483 g/mol. The van der Waals surface area contributed by atoms with E-state index in [0.717, 1.165) is 7.05 Å². The summed E-state index contributed by atoms with van der Waals surface area (Å²) < 4.78 is 67.6. The lowest BCUT2D eigenvalue weighted by atomic mass is 10.2. The Morgan fingerprint density at radius 1 is 1.09 bits per heavy atom. The van der Waals surface area contributed by atoms with Gasteiger partial charge in [0.25, 0.3) is 5.56 Å². The van der Waals surface area contributed by atoms with Gasteiger partial charge in [-0.3, -0.25) is 9.36 Å². The number of hydrogen-bond donors (Lipinski definition) is 0. The second-order valence-corrected chi connectivity index (χ2v) is 6.52. The molecule has 0 amide bonds. The molecular formula is C18H15ClF4N2O7. The fraction of sp³-hybridized carbons (Fsp3) is 0.333. The molecule has 0 unspecified atom stereocenters. The highest BCUT2D eigenvalue weighted by Gasteiger charge is 2.35. The molecule has 0 atom stereocenters. The van der Waals surface area contributed by atoms with E-state index in [2.05, 4.69) is 9.47 Å². The maximum Gasteiger partial charge on any atom is 0.431 e. The summed E-state index contributed by atoms with van der Waals surface area (Å²) in [7, 11) is 2.11. The molecule has 9 nitrogen and oxygen atoms in total. The van der Waals surface area contributed by atoms with Crippen molar-refractivity contribution in [3.63, 3.8) is 0 Å². The summed E-state index contributed by atoms with van der Waals surface area (Å²) >= 11 is 5.80. The van der Waals surface area contributed by atoms with Crippen LogP contribution in [0.3, 0.4) is 0 Å². The molecular weight excluding hydrogens is 468 g/mol. The van der Waals surface area contributed by atoms with E-state index in [1.165, 1.54) is 7.11 Å². The minimum atomic E-state index is -5.02. The zero-order valence-electron chi connectivity index (χ0n) is 16.5. The first-order valence-electron chi connectivity index (χ1n) is 8.59. The number of rotatable bonds is 7. The van der Waals surface area contributed by atoms with Gasteiger partial charge in [-0.15, -0.1) is 0 Å². The number of nitrogens with zero attached hydrogens (tertiary/aromatic N) is 2. The monoisotopic (exact) mass is 482 g/mol. The molecule has 0 aliphatic heterocycles. The third-order valence-electron chi connectivity index (χ3n) is 3.98. The van der Waals surface area contributed by atoms with Crippen LogP contribution in [0.5, 0.6) is 0 Å². The second kappa shape index (κ2) is 9.96. The zero-order chi connectivity index (χ0) is 24.2. The van der Waals surface area contributed by atoms with E-state index < -0.39 is 63.8 Å². The zero-order valence-corrected chi connectivity index (χ0v) is 17.3. The minimum absolute atomic E-state index is 0.0939. The van der Waals surface area contributed by atoms with Gasteiger partial charge in [-0.05, 0) is 12.1 Å². The van der Waals surface area contributed by atoms with Gasteiger partial charge in [0, 0.05) is 20.2 Å². The van der Waals surface area contributed by atoms with E-state index in [0.29, 0.717) is 12.1 Å². The van der Waals surface area contributed by atoms with Crippen LogP contribution in [0.2, 0.25) is 5.02 Å². The van der Waals surface area contributed by atoms with Gasteiger partial charge in [0.2, 0.25) is 0 Å². The number of esters is 2. The third kappa shape index (κ3) is 5.53. The number of halogens is 5. The largest absolute Gasteiger partial charge is 0.461 e. The topological polar surface area (TPSA) is 106 Å². The number of methoxy groups -OCH3 is 1. The number of carbonyl (C=O) groups is 2. The number of aromatic nitrogens is 2. The molecule has 0 bridgehead atoms. The summed E-state index contributed by atoms with van der Waals surface area (Å²) in [6.07, 6.45) is -5.02. The first-order valence-corrected chi connectivity index (χ1v) is 8.97. The molecule has 0 saturated carbocycles. The molecule has 174 valence electrons. The molecule has 1 aromatic carbocycles. The van der Waals surface area contributed by atoms with Crippen LogP contribution >= 0.6 is 11.6 Å². The van der Waals surface area contributed by atoms with Crippen molar-refractivity contribution < 1.29 is 41.4 Å². The molecule has 2 aromatic rings. The standard InChI is InChI=1S/C18H15ClF4N2O7/c1-24-13(18(21,22)23)7-14(26)25(17(24)29)12-5-9(10(19)6-11(12)20)16(28)32-8-15(27)31-4-3-30-2/h5-7H,3-4,8H2,1-2H3. The number of alkyl halides is 3. The molecule has 14 heteroatoms. The highest BCUT2D eigenvalue weighted by atomic mass is 35.5. The SMILES string of the molecule is COCCOC(=O)COC(=O)c1cc(-n2c(=O)cc(C(F)(F)F)n(C)c2=O)c(F)cc1Cl. The summed E-state index contributed by atoms with van der Waals surface area (Å²) in [5, 5.41) is -0.499. The quantitative estimate of drug-likeness (QED) is 0.336. The van der Waals surface area contributed by atoms with Crippen molar-refractivity contribution in [2.45, 2.75) is 6.18 Å². The first kappa shape index (κ1) is 25.1. The lowest BCUT2D eigenvalue weighted by molar-refractivity contribution is -0.148. The van der Waals surface area contributed by atoms with E-state index in [9.17, 15) is 36.7 Å². The molecule has 0 fully saturated rings. The van der Waals surface area contributed by atoms with Crippen LogP contribution in [0.15, 0.2) is 27.8 Å². The highest BCUT2D eigenvalue weighted by molar-refractivity contribution is 6.33. The maximum absolute atomic E-state index is 14.4. The van der Waals surface area contributed by atoms with Crippen LogP contribution in [0.4, 0.5) is 17.6 Å². The van der Waals surface area contributed by atoms with Gasteiger partial charge in [0.05, 0.1) is 22.9 Å². The molecule has 0 N–H and O–H groups in total. The Kier molecular flexibility index (Phi) is 7.80. The van der Waals surface area contributed by atoms with Gasteiger partial charge in [-0.25, -0.2) is 23.3 Å². The van der Waals surface area contributed by atoms with Gasteiger partial charge < -0.3 is 14.2 Å². The number of hydrogen-bond acceptors (Lipinski definition) is 7. The second-order valence-electron chi connectivity index (χ2n) is 6.12. The van der Waals surface area contributed by atoms with Crippen LogP contribution in [-0.4, -0.2) is 48.0 Å². The molecule has 0 aliphatic carbocycles. The van der Waals surface area contributed by atoms with Crippen molar-refractivity contribution in [2.24, 2.45) is 7.05 Å². The van der Waals surface area contributed by atoms with Gasteiger partial charge >= 0.3 is 23.8 Å². The smallest absolute Gasteiger partial charge is 0.431 e. The molecule has 1 aromatic heterocycles. The van der Waals surface area contributed by atoms with E-state index in [-0.39, 0.29) is 28.4 Å². The normalized spacial score (nSPS) is 11.3. The Hall–Kier alpha value is -3.19. The summed E-state index contributed by atoms with van der Waals surface area (Å²) in [6.45, 7) is -0.842. The maximum atomic E-state index is 14.4. The Morgan fingerprint density at radius 3 is 2.34 bits per heavy atom. The predicted octanol–water partition coefficient (Wildman–Crippen LogP) is 1.69. The fourth-order valence-corrected chi connectivity index (χ4v) is 2.69. The molecule has 2 rings (SSSR count). The Labute approximate surface area is 181 Å². The highest BCUT2D eigenvalue weighted by Crippen LogP contribution is 2.27. The molecule has 0 saturated heterocycles. The molecule has 0 radical (unpaired) electrons. The van der Waals surface area contributed by atoms with Crippen LogP contribution < -0.4 is 11.2 Å². The van der Waals surface area contributed by atoms with Gasteiger partial charge in [-0.2, -0.15) is 13.2 Å². The summed E-state index contributed by atoms with van der Waals surface area (Å²) in [4.78, 5) is 48.3. The Morgan fingerprint density at radius 2 is 1.75 bits per heavy atom. The average Bonchev–Trinajstić information content (AvgIpc) is 2.69. The summed E-state index contributed by atoms with van der Waals surface area (Å²) in [5.41, 5.74) is -5.97. The van der Waals surface area contributed by atoms with Gasteiger partial charge in [-0.1, -0.05) is 11.6 Å². The third-order valence-corrected chi connectivity index (χ3v) is 4.29. The Balaban J connectivity index is 2.43. The van der Waals surface area contributed by atoms with Crippen molar-refractivity contribution in [3.05, 3.63) is 61.1 Å². The number of carbonyl (C=O) groups excluding carboxylic acids is 2. The molecule has 0 spiro atoms. The molecule has 0 aliphatic rings. The van der Waals surface area contributed by atoms with E-state index in [1.807, 2.05) is 0 Å². The van der Waals surface area contributed by atoms with E-state index in [1.54, 1.807) is 0 Å². The van der Waals surface area contributed by atoms with E-state index >= 15 is 0 Å². The summed E-state index contributed by atoms with van der Waals surface area (Å²) in [6, 6.07) is 1.31. The van der Waals surface area contributed by atoms with Crippen LogP contribution in [0.25, 0.3) is 5.69 Å². The van der Waals surface area contributed by atoms with Crippen molar-refractivity contribution in [1.29, 1.82) is 0 Å². The first-order chi connectivity index (χ1) is 14.9. The summed E-state index contributed by atoms with van der Waals surface area (Å²) in [5.74, 6) is -3.44. The molecule has 1 heterocycles. The van der Waals surface area contributed by atoms with Gasteiger partial charge in [0.1, 0.15) is 18.1 Å². The van der Waals surface area contributed by atoms with Crippen LogP contribution in [-0.2, 0) is 32.2 Å².